The van der Waals surface area contributed by atoms with Gasteiger partial charge in [0.25, 0.3) is 0 Å². The average molecular weight is 453 g/mol. The van der Waals surface area contributed by atoms with E-state index in [1.165, 1.54) is 40.1 Å². The molecule has 1 aromatic heterocycles. The first-order valence-electron chi connectivity index (χ1n) is 11.5. The van der Waals surface area contributed by atoms with Crippen molar-refractivity contribution in [2.24, 2.45) is 5.92 Å². The molecule has 1 aliphatic carbocycles. The summed E-state index contributed by atoms with van der Waals surface area (Å²) in [7, 11) is 0. The molecule has 0 bridgehead atoms. The molecule has 1 fully saturated rings. The Hall–Kier alpha value is -2.05. The summed E-state index contributed by atoms with van der Waals surface area (Å²) >= 11 is 1.75. The highest BCUT2D eigenvalue weighted by molar-refractivity contribution is 7.15. The monoisotopic (exact) mass is 452 g/mol. The van der Waals surface area contributed by atoms with Crippen LogP contribution in [0.4, 0.5) is 4.39 Å². The molecule has 0 saturated carbocycles. The highest BCUT2D eigenvalue weighted by Gasteiger charge is 2.36. The molecule has 0 radical (unpaired) electrons. The van der Waals surface area contributed by atoms with Crippen LogP contribution in [0.1, 0.15) is 53.0 Å². The number of ether oxygens (including phenoxy) is 1. The fraction of sp³-hybridized carbons (Fsp3) is 0.407. The number of thiophene rings is 1. The number of aryl methyl sites for hydroxylation is 1. The number of fused-ring (bicyclic) bond motifs is 1. The van der Waals surface area contributed by atoms with Crippen LogP contribution in [0.5, 0.6) is 0 Å². The summed E-state index contributed by atoms with van der Waals surface area (Å²) in [4.78, 5) is 2.42. The largest absolute Gasteiger partial charge is 0.394 e. The highest BCUT2D eigenvalue weighted by atomic mass is 32.1. The van der Waals surface area contributed by atoms with E-state index in [1.807, 2.05) is 19.1 Å². The van der Waals surface area contributed by atoms with Crippen molar-refractivity contribution >= 4 is 11.3 Å². The van der Waals surface area contributed by atoms with Crippen LogP contribution in [0, 0.1) is 11.7 Å². The first kappa shape index (κ1) is 21.8. The Labute approximate surface area is 192 Å². The van der Waals surface area contributed by atoms with E-state index in [4.69, 9.17) is 4.74 Å². The summed E-state index contributed by atoms with van der Waals surface area (Å²) in [6, 6.07) is 15.5. The van der Waals surface area contributed by atoms with Crippen molar-refractivity contribution < 1.29 is 19.3 Å². The molecule has 3 nitrogen and oxygen atoms in total. The SMILES string of the molecule is CC1C(O)CC(CO)OC1c1cc2c(c(Cc3ccc(-c4ccc(F)cc4)s3)c1)CCC2. The molecular weight excluding hydrogens is 423 g/mol. The lowest BCUT2D eigenvalue weighted by atomic mass is 9.84. The van der Waals surface area contributed by atoms with Crippen molar-refractivity contribution in [1.29, 1.82) is 0 Å². The highest BCUT2D eigenvalue weighted by Crippen LogP contribution is 2.40. The maximum absolute atomic E-state index is 13.3. The summed E-state index contributed by atoms with van der Waals surface area (Å²) in [6.45, 7) is 1.96. The van der Waals surface area contributed by atoms with Crippen molar-refractivity contribution in [3.8, 4) is 10.4 Å². The average Bonchev–Trinajstić information content (AvgIpc) is 3.46. The van der Waals surface area contributed by atoms with Gasteiger partial charge >= 0.3 is 0 Å². The lowest BCUT2D eigenvalue weighted by Gasteiger charge is -2.38. The Morgan fingerprint density at radius 2 is 1.91 bits per heavy atom. The Balaban J connectivity index is 1.45. The van der Waals surface area contributed by atoms with Crippen LogP contribution in [-0.4, -0.2) is 29.0 Å². The fourth-order valence-corrected chi connectivity index (χ4v) is 6.18. The minimum Gasteiger partial charge on any atom is -0.394 e. The van der Waals surface area contributed by atoms with Crippen molar-refractivity contribution in [3.05, 3.63) is 81.5 Å². The molecule has 3 aromatic rings. The van der Waals surface area contributed by atoms with Gasteiger partial charge in [-0.1, -0.05) is 31.2 Å². The molecule has 5 heteroatoms. The molecule has 1 aliphatic heterocycles. The number of benzene rings is 2. The van der Waals surface area contributed by atoms with E-state index < -0.39 is 6.10 Å². The van der Waals surface area contributed by atoms with Crippen LogP contribution in [0.25, 0.3) is 10.4 Å². The molecule has 0 amide bonds. The third-order valence-corrected chi connectivity index (χ3v) is 8.08. The fourth-order valence-electron chi connectivity index (χ4n) is 5.15. The molecule has 32 heavy (non-hydrogen) atoms. The Morgan fingerprint density at radius 1 is 1.09 bits per heavy atom. The van der Waals surface area contributed by atoms with Crippen LogP contribution in [0.3, 0.4) is 0 Å². The number of aliphatic hydroxyl groups excluding tert-OH is 2. The van der Waals surface area contributed by atoms with Crippen molar-refractivity contribution in [2.75, 3.05) is 6.61 Å². The number of rotatable bonds is 5. The normalized spacial score (nSPS) is 25.1. The molecule has 5 rings (SSSR count). The lowest BCUT2D eigenvalue weighted by molar-refractivity contribution is -0.145. The minimum atomic E-state index is -0.474. The molecule has 4 unspecified atom stereocenters. The zero-order valence-electron chi connectivity index (χ0n) is 18.3. The molecular formula is C27H29FO3S. The molecule has 168 valence electrons. The van der Waals surface area contributed by atoms with Gasteiger partial charge in [-0.2, -0.15) is 0 Å². The topological polar surface area (TPSA) is 49.7 Å². The Kier molecular flexibility index (Phi) is 6.17. The van der Waals surface area contributed by atoms with Crippen molar-refractivity contribution in [2.45, 2.75) is 57.3 Å². The summed E-state index contributed by atoms with van der Waals surface area (Å²) in [5.74, 6) is -0.234. The van der Waals surface area contributed by atoms with E-state index in [0.717, 1.165) is 35.3 Å². The second-order valence-corrected chi connectivity index (χ2v) is 10.3. The molecule has 0 spiro atoms. The summed E-state index contributed by atoms with van der Waals surface area (Å²) in [5.41, 5.74) is 6.33. The van der Waals surface area contributed by atoms with Gasteiger partial charge in [0.05, 0.1) is 24.9 Å². The molecule has 4 atom stereocenters. The molecule has 1 saturated heterocycles. The molecule has 2 N–H and O–H groups in total. The quantitative estimate of drug-likeness (QED) is 0.541. The van der Waals surface area contributed by atoms with E-state index in [1.54, 1.807) is 11.3 Å². The number of hydrogen-bond donors (Lipinski definition) is 2. The van der Waals surface area contributed by atoms with E-state index >= 15 is 0 Å². The van der Waals surface area contributed by atoms with Gasteiger partial charge in [0.2, 0.25) is 0 Å². The second kappa shape index (κ2) is 9.06. The predicted molar refractivity (Wildman–Crippen MR) is 125 cm³/mol. The van der Waals surface area contributed by atoms with Crippen LogP contribution in [0.2, 0.25) is 0 Å². The second-order valence-electron chi connectivity index (χ2n) is 9.14. The van der Waals surface area contributed by atoms with Gasteiger partial charge in [-0.25, -0.2) is 4.39 Å². The van der Waals surface area contributed by atoms with Gasteiger partial charge in [0.1, 0.15) is 5.82 Å². The zero-order valence-corrected chi connectivity index (χ0v) is 19.1. The van der Waals surface area contributed by atoms with Crippen LogP contribution in [-0.2, 0) is 24.0 Å². The maximum Gasteiger partial charge on any atom is 0.123 e. The Bertz CT molecular complexity index is 1090. The Morgan fingerprint density at radius 3 is 2.69 bits per heavy atom. The van der Waals surface area contributed by atoms with Crippen LogP contribution < -0.4 is 0 Å². The zero-order chi connectivity index (χ0) is 22.2. The van der Waals surface area contributed by atoms with Crippen molar-refractivity contribution in [1.82, 2.24) is 0 Å². The maximum atomic E-state index is 13.3. The van der Waals surface area contributed by atoms with E-state index in [0.29, 0.717) is 6.42 Å². The summed E-state index contributed by atoms with van der Waals surface area (Å²) in [6.07, 6.45) is 3.68. The smallest absolute Gasteiger partial charge is 0.123 e. The van der Waals surface area contributed by atoms with Gasteiger partial charge in [0.15, 0.2) is 0 Å². The van der Waals surface area contributed by atoms with Crippen molar-refractivity contribution in [3.63, 3.8) is 0 Å². The molecule has 2 aliphatic rings. The summed E-state index contributed by atoms with van der Waals surface area (Å²) < 4.78 is 19.5. The minimum absolute atomic E-state index is 0.0167. The van der Waals surface area contributed by atoms with E-state index in [-0.39, 0.29) is 30.5 Å². The first-order chi connectivity index (χ1) is 15.5. The number of aliphatic hydroxyl groups is 2. The van der Waals surface area contributed by atoms with E-state index in [2.05, 4.69) is 24.3 Å². The first-order valence-corrected chi connectivity index (χ1v) is 12.3. The summed E-state index contributed by atoms with van der Waals surface area (Å²) in [5, 5.41) is 20.1. The standard InChI is InChI=1S/C27H29FO3S/c1-16-25(30)14-22(15-29)31-27(16)20-11-18-3-2-4-24(18)19(12-20)13-23-9-10-26(32-23)17-5-7-21(28)8-6-17/h5-12,16,22,25,27,29-30H,2-4,13-15H2,1H3. The van der Waals surface area contributed by atoms with Gasteiger partial charge in [0, 0.05) is 28.5 Å². The van der Waals surface area contributed by atoms with Gasteiger partial charge in [-0.15, -0.1) is 11.3 Å². The van der Waals surface area contributed by atoms with Crippen LogP contribution >= 0.6 is 11.3 Å². The van der Waals surface area contributed by atoms with Gasteiger partial charge in [-0.05, 0) is 71.3 Å². The predicted octanol–water partition coefficient (Wildman–Crippen LogP) is 5.45. The molecule has 2 heterocycles. The lowest BCUT2D eigenvalue weighted by Crippen LogP contribution is -2.39. The van der Waals surface area contributed by atoms with E-state index in [9.17, 15) is 14.6 Å². The third-order valence-electron chi connectivity index (χ3n) is 6.95. The van der Waals surface area contributed by atoms with Crippen LogP contribution in [0.15, 0.2) is 48.5 Å². The number of hydrogen-bond acceptors (Lipinski definition) is 4. The molecule has 2 aromatic carbocycles. The van der Waals surface area contributed by atoms with Gasteiger partial charge < -0.3 is 14.9 Å². The third kappa shape index (κ3) is 4.27. The van der Waals surface area contributed by atoms with Gasteiger partial charge in [-0.3, -0.25) is 0 Å². The number of halogens is 1.